The van der Waals surface area contributed by atoms with Crippen LogP contribution < -0.4 is 10.5 Å². The van der Waals surface area contributed by atoms with E-state index in [1.807, 2.05) is 6.07 Å². The van der Waals surface area contributed by atoms with Gasteiger partial charge in [-0.25, -0.2) is 13.1 Å². The lowest BCUT2D eigenvalue weighted by Gasteiger charge is -2.09. The molecule has 0 aliphatic rings. The van der Waals surface area contributed by atoms with Gasteiger partial charge in [0.15, 0.2) is 0 Å². The van der Waals surface area contributed by atoms with Gasteiger partial charge in [0.05, 0.1) is 5.02 Å². The first-order chi connectivity index (χ1) is 9.40. The summed E-state index contributed by atoms with van der Waals surface area (Å²) < 4.78 is 28.4. The summed E-state index contributed by atoms with van der Waals surface area (Å²) in [6.45, 7) is 0.266. The second kappa shape index (κ2) is 5.82. The lowest BCUT2D eigenvalue weighted by atomic mass is 10.3. The largest absolute Gasteiger partial charge is 0.399 e. The van der Waals surface area contributed by atoms with Gasteiger partial charge in [-0.1, -0.05) is 11.6 Å². The van der Waals surface area contributed by atoms with Crippen molar-refractivity contribution in [3.8, 4) is 0 Å². The van der Waals surface area contributed by atoms with Gasteiger partial charge in [-0.2, -0.15) is 5.10 Å². The molecule has 0 fully saturated rings. The van der Waals surface area contributed by atoms with Crippen molar-refractivity contribution in [3.05, 3.63) is 41.2 Å². The topological polar surface area (TPSA) is 90.0 Å². The van der Waals surface area contributed by atoms with Crippen molar-refractivity contribution in [2.45, 2.75) is 11.3 Å². The molecule has 2 rings (SSSR count). The average Bonchev–Trinajstić information content (AvgIpc) is 2.74. The molecule has 8 heteroatoms. The Kier molecular flexibility index (Phi) is 4.32. The van der Waals surface area contributed by atoms with Crippen LogP contribution in [-0.2, 0) is 23.5 Å². The van der Waals surface area contributed by atoms with Gasteiger partial charge in [-0.15, -0.1) is 0 Å². The summed E-state index contributed by atoms with van der Waals surface area (Å²) >= 11 is 5.90. The number of anilines is 1. The predicted molar refractivity (Wildman–Crippen MR) is 78.0 cm³/mol. The van der Waals surface area contributed by atoms with Gasteiger partial charge in [0, 0.05) is 37.6 Å². The Morgan fingerprint density at radius 1 is 1.40 bits per heavy atom. The zero-order valence-corrected chi connectivity index (χ0v) is 12.4. The van der Waals surface area contributed by atoms with Gasteiger partial charge >= 0.3 is 0 Å². The van der Waals surface area contributed by atoms with E-state index in [-0.39, 0.29) is 16.5 Å². The number of aromatic nitrogens is 2. The van der Waals surface area contributed by atoms with Gasteiger partial charge in [0.2, 0.25) is 10.0 Å². The predicted octanol–water partition coefficient (Wildman–Crippen LogP) is 1.18. The highest BCUT2D eigenvalue weighted by atomic mass is 35.5. The normalized spacial score (nSPS) is 11.7. The lowest BCUT2D eigenvalue weighted by Crippen LogP contribution is -2.26. The minimum absolute atomic E-state index is 0.0263. The first-order valence-corrected chi connectivity index (χ1v) is 7.78. The molecule has 0 spiro atoms. The summed E-state index contributed by atoms with van der Waals surface area (Å²) in [4.78, 5) is 0.0263. The molecule has 0 aliphatic carbocycles. The van der Waals surface area contributed by atoms with Crippen LogP contribution in [0.1, 0.15) is 5.69 Å². The fourth-order valence-electron chi connectivity index (χ4n) is 1.77. The summed E-state index contributed by atoms with van der Waals surface area (Å²) in [5.41, 5.74) is 6.90. The number of rotatable bonds is 5. The third-order valence-electron chi connectivity index (χ3n) is 2.84. The van der Waals surface area contributed by atoms with E-state index in [1.165, 1.54) is 18.2 Å². The van der Waals surface area contributed by atoms with E-state index in [1.54, 1.807) is 17.9 Å². The number of benzene rings is 1. The Balaban J connectivity index is 2.06. The van der Waals surface area contributed by atoms with Crippen LogP contribution in [-0.4, -0.2) is 24.7 Å². The third kappa shape index (κ3) is 3.30. The molecule has 0 unspecified atom stereocenters. The Morgan fingerprint density at radius 2 is 2.15 bits per heavy atom. The van der Waals surface area contributed by atoms with E-state index >= 15 is 0 Å². The van der Waals surface area contributed by atoms with Crippen LogP contribution in [0.25, 0.3) is 0 Å². The first-order valence-electron chi connectivity index (χ1n) is 5.92. The van der Waals surface area contributed by atoms with Crippen LogP contribution in [0.15, 0.2) is 35.4 Å². The molecule has 0 saturated heterocycles. The van der Waals surface area contributed by atoms with Crippen molar-refractivity contribution in [3.63, 3.8) is 0 Å². The van der Waals surface area contributed by atoms with E-state index in [4.69, 9.17) is 17.3 Å². The van der Waals surface area contributed by atoms with Crippen molar-refractivity contribution in [1.82, 2.24) is 14.5 Å². The molecule has 0 saturated carbocycles. The van der Waals surface area contributed by atoms with Gasteiger partial charge in [0.25, 0.3) is 0 Å². The summed E-state index contributed by atoms with van der Waals surface area (Å²) in [5.74, 6) is 0. The van der Waals surface area contributed by atoms with E-state index in [0.717, 1.165) is 5.69 Å². The van der Waals surface area contributed by atoms with Gasteiger partial charge in [-0.05, 0) is 24.3 Å². The van der Waals surface area contributed by atoms with E-state index in [2.05, 4.69) is 9.82 Å². The standard InChI is InChI=1S/C12H15ClN4O2S/c1-17-10(4-6-15-17)5-7-16-20(18,19)12-3-2-9(14)8-11(12)13/h2-4,6,8,16H,5,7,14H2,1H3. The van der Waals surface area contributed by atoms with Crippen LogP contribution in [0, 0.1) is 0 Å². The van der Waals surface area contributed by atoms with Gasteiger partial charge < -0.3 is 5.73 Å². The maximum absolute atomic E-state index is 12.1. The Bertz CT molecular complexity index is 712. The molecule has 0 aliphatic heterocycles. The summed E-state index contributed by atoms with van der Waals surface area (Å²) in [6.07, 6.45) is 2.21. The fourth-order valence-corrected chi connectivity index (χ4v) is 3.36. The molecule has 1 heterocycles. The number of sulfonamides is 1. The zero-order valence-electron chi connectivity index (χ0n) is 10.9. The molecule has 0 atom stereocenters. The maximum Gasteiger partial charge on any atom is 0.242 e. The highest BCUT2D eigenvalue weighted by molar-refractivity contribution is 7.89. The van der Waals surface area contributed by atoms with E-state index in [0.29, 0.717) is 12.1 Å². The monoisotopic (exact) mass is 314 g/mol. The van der Waals surface area contributed by atoms with Crippen LogP contribution in [0.3, 0.4) is 0 Å². The fraction of sp³-hybridized carbons (Fsp3) is 0.250. The SMILES string of the molecule is Cn1nccc1CCNS(=O)(=O)c1ccc(N)cc1Cl. The number of aryl methyl sites for hydroxylation is 1. The third-order valence-corrected chi connectivity index (χ3v) is 4.79. The molecular formula is C12H15ClN4O2S. The zero-order chi connectivity index (χ0) is 14.8. The number of nitrogen functional groups attached to an aromatic ring is 1. The molecule has 108 valence electrons. The number of halogens is 1. The van der Waals surface area contributed by atoms with Crippen molar-refractivity contribution >= 4 is 27.3 Å². The number of hydrogen-bond donors (Lipinski definition) is 2. The van der Waals surface area contributed by atoms with Crippen LogP contribution in [0.5, 0.6) is 0 Å². The molecule has 2 aromatic rings. The molecular weight excluding hydrogens is 300 g/mol. The molecule has 6 nitrogen and oxygen atoms in total. The average molecular weight is 315 g/mol. The highest BCUT2D eigenvalue weighted by Crippen LogP contribution is 2.23. The molecule has 0 radical (unpaired) electrons. The smallest absolute Gasteiger partial charge is 0.242 e. The van der Waals surface area contributed by atoms with E-state index in [9.17, 15) is 8.42 Å². The molecule has 20 heavy (non-hydrogen) atoms. The minimum atomic E-state index is -3.64. The summed E-state index contributed by atoms with van der Waals surface area (Å²) in [7, 11) is -1.83. The quantitative estimate of drug-likeness (QED) is 0.811. The van der Waals surface area contributed by atoms with Crippen LogP contribution >= 0.6 is 11.6 Å². The number of nitrogens with zero attached hydrogens (tertiary/aromatic N) is 2. The van der Waals surface area contributed by atoms with Crippen molar-refractivity contribution in [2.75, 3.05) is 12.3 Å². The number of nitrogens with two attached hydrogens (primary N) is 1. The summed E-state index contributed by atoms with van der Waals surface area (Å²) in [5, 5.41) is 4.13. The Labute approximate surface area is 122 Å². The second-order valence-corrected chi connectivity index (χ2v) is 6.43. The Hall–Kier alpha value is -1.57. The molecule has 0 bridgehead atoms. The van der Waals surface area contributed by atoms with Crippen molar-refractivity contribution in [1.29, 1.82) is 0 Å². The molecule has 1 aromatic heterocycles. The molecule has 1 aromatic carbocycles. The van der Waals surface area contributed by atoms with Gasteiger partial charge in [-0.3, -0.25) is 4.68 Å². The van der Waals surface area contributed by atoms with Crippen LogP contribution in [0.2, 0.25) is 5.02 Å². The number of hydrogen-bond acceptors (Lipinski definition) is 4. The summed E-state index contributed by atoms with van der Waals surface area (Å²) in [6, 6.07) is 6.15. The number of nitrogens with one attached hydrogen (secondary N) is 1. The molecule has 3 N–H and O–H groups in total. The van der Waals surface area contributed by atoms with Crippen LogP contribution in [0.4, 0.5) is 5.69 Å². The second-order valence-electron chi connectivity index (χ2n) is 4.28. The van der Waals surface area contributed by atoms with Gasteiger partial charge in [0.1, 0.15) is 4.90 Å². The van der Waals surface area contributed by atoms with Crippen molar-refractivity contribution < 1.29 is 8.42 Å². The lowest BCUT2D eigenvalue weighted by molar-refractivity contribution is 0.580. The first kappa shape index (κ1) is 14.8. The minimum Gasteiger partial charge on any atom is -0.399 e. The van der Waals surface area contributed by atoms with E-state index < -0.39 is 10.0 Å². The maximum atomic E-state index is 12.1. The molecule has 0 amide bonds. The highest BCUT2D eigenvalue weighted by Gasteiger charge is 2.17. The Morgan fingerprint density at radius 3 is 2.75 bits per heavy atom. The van der Waals surface area contributed by atoms with Crippen molar-refractivity contribution in [2.24, 2.45) is 7.05 Å².